The van der Waals surface area contributed by atoms with Crippen molar-refractivity contribution in [1.82, 2.24) is 15.2 Å². The maximum Gasteiger partial charge on any atom is 0.0954 e. The standard InChI is InChI=1S/C20H29N3O2/c24-19(20(25)7-9-21-10-8-20)14-23-11-5-15(6-12-23)17-13-22-18-4-2-1-3-16(17)18/h1-4,13,15,19,21-22,24-25H,5-12,14H2. The van der Waals surface area contributed by atoms with Gasteiger partial charge in [-0.15, -0.1) is 0 Å². The molecule has 0 bridgehead atoms. The number of H-pyrrole nitrogens is 1. The monoisotopic (exact) mass is 343 g/mol. The van der Waals surface area contributed by atoms with Gasteiger partial charge in [-0.25, -0.2) is 0 Å². The van der Waals surface area contributed by atoms with Crippen LogP contribution in [0, 0.1) is 0 Å². The van der Waals surface area contributed by atoms with Crippen LogP contribution in [-0.4, -0.2) is 64.5 Å². The van der Waals surface area contributed by atoms with E-state index in [9.17, 15) is 10.2 Å². The summed E-state index contributed by atoms with van der Waals surface area (Å²) in [6.45, 7) is 4.12. The Labute approximate surface area is 149 Å². The fraction of sp³-hybridized carbons (Fsp3) is 0.600. The van der Waals surface area contributed by atoms with Crippen molar-refractivity contribution in [1.29, 1.82) is 0 Å². The van der Waals surface area contributed by atoms with Gasteiger partial charge in [0.15, 0.2) is 0 Å². The minimum absolute atomic E-state index is 0.575. The number of aliphatic hydroxyl groups excluding tert-OH is 1. The van der Waals surface area contributed by atoms with Crippen molar-refractivity contribution < 1.29 is 10.2 Å². The molecule has 1 unspecified atom stereocenters. The molecule has 2 aromatic rings. The van der Waals surface area contributed by atoms with Crippen molar-refractivity contribution in [3.05, 3.63) is 36.0 Å². The number of fused-ring (bicyclic) bond motifs is 1. The lowest BCUT2D eigenvalue weighted by Crippen LogP contribution is -2.54. The minimum Gasteiger partial charge on any atom is -0.389 e. The van der Waals surface area contributed by atoms with Gasteiger partial charge in [0.05, 0.1) is 11.7 Å². The van der Waals surface area contributed by atoms with Gasteiger partial charge in [-0.1, -0.05) is 18.2 Å². The molecule has 4 rings (SSSR count). The Morgan fingerprint density at radius 2 is 1.88 bits per heavy atom. The van der Waals surface area contributed by atoms with Gasteiger partial charge in [-0.05, 0) is 69.4 Å². The van der Waals surface area contributed by atoms with E-state index in [4.69, 9.17) is 0 Å². The lowest BCUT2D eigenvalue weighted by atomic mass is 9.85. The number of β-amino-alcohol motifs (C(OH)–C–C–N with tert-alkyl or cyclic N) is 1. The van der Waals surface area contributed by atoms with Gasteiger partial charge in [-0.2, -0.15) is 0 Å². The van der Waals surface area contributed by atoms with Crippen LogP contribution in [0.4, 0.5) is 0 Å². The van der Waals surface area contributed by atoms with Gasteiger partial charge < -0.3 is 25.4 Å². The summed E-state index contributed by atoms with van der Waals surface area (Å²) in [4.78, 5) is 5.70. The third-order valence-electron chi connectivity index (χ3n) is 6.17. The van der Waals surface area contributed by atoms with Crippen LogP contribution in [0.3, 0.4) is 0 Å². The molecule has 2 saturated heterocycles. The number of piperidine rings is 2. The molecule has 25 heavy (non-hydrogen) atoms. The number of aromatic amines is 1. The number of likely N-dealkylation sites (tertiary alicyclic amines) is 1. The SMILES string of the molecule is OC(CN1CCC(c2c[nH]c3ccccc23)CC1)C1(O)CCNCC1. The molecule has 0 radical (unpaired) electrons. The molecule has 0 spiro atoms. The van der Waals surface area contributed by atoms with E-state index in [0.29, 0.717) is 25.3 Å². The predicted octanol–water partition coefficient (Wildman–Crippen LogP) is 1.82. The van der Waals surface area contributed by atoms with Crippen molar-refractivity contribution in [2.75, 3.05) is 32.7 Å². The third-order valence-corrected chi connectivity index (χ3v) is 6.17. The molecule has 0 saturated carbocycles. The summed E-state index contributed by atoms with van der Waals surface area (Å²) < 4.78 is 0. The van der Waals surface area contributed by atoms with E-state index >= 15 is 0 Å². The van der Waals surface area contributed by atoms with Crippen LogP contribution in [0.2, 0.25) is 0 Å². The quantitative estimate of drug-likeness (QED) is 0.683. The van der Waals surface area contributed by atoms with E-state index in [1.165, 1.54) is 16.5 Å². The number of rotatable bonds is 4. The van der Waals surface area contributed by atoms with E-state index in [1.807, 2.05) is 0 Å². The van der Waals surface area contributed by atoms with Gasteiger partial charge >= 0.3 is 0 Å². The maximum absolute atomic E-state index is 10.7. The summed E-state index contributed by atoms with van der Waals surface area (Å²) in [5.41, 5.74) is 1.72. The molecule has 3 heterocycles. The van der Waals surface area contributed by atoms with Crippen LogP contribution >= 0.6 is 0 Å². The number of para-hydroxylation sites is 1. The first kappa shape index (κ1) is 17.0. The Hall–Kier alpha value is -1.40. The summed E-state index contributed by atoms with van der Waals surface area (Å²) in [6, 6.07) is 8.50. The van der Waals surface area contributed by atoms with E-state index in [0.717, 1.165) is 39.0 Å². The number of hydrogen-bond donors (Lipinski definition) is 4. The van der Waals surface area contributed by atoms with E-state index < -0.39 is 11.7 Å². The second-order valence-corrected chi connectivity index (χ2v) is 7.73. The highest BCUT2D eigenvalue weighted by Crippen LogP contribution is 2.33. The van der Waals surface area contributed by atoms with Crippen LogP contribution in [0.25, 0.3) is 10.9 Å². The van der Waals surface area contributed by atoms with Crippen molar-refractivity contribution in [3.63, 3.8) is 0 Å². The first-order valence-corrected chi connectivity index (χ1v) is 9.55. The minimum atomic E-state index is -0.918. The van der Waals surface area contributed by atoms with Gasteiger partial charge in [0.1, 0.15) is 0 Å². The largest absolute Gasteiger partial charge is 0.389 e. The van der Waals surface area contributed by atoms with Crippen molar-refractivity contribution in [3.8, 4) is 0 Å². The van der Waals surface area contributed by atoms with Gasteiger partial charge in [0.2, 0.25) is 0 Å². The average Bonchev–Trinajstić information content (AvgIpc) is 3.07. The van der Waals surface area contributed by atoms with E-state index in [2.05, 4.69) is 45.7 Å². The van der Waals surface area contributed by atoms with Crippen LogP contribution < -0.4 is 5.32 Å². The molecular formula is C20H29N3O2. The highest BCUT2D eigenvalue weighted by molar-refractivity contribution is 5.83. The molecule has 136 valence electrons. The summed E-state index contributed by atoms with van der Waals surface area (Å²) in [5.74, 6) is 0.575. The highest BCUT2D eigenvalue weighted by atomic mass is 16.3. The normalized spacial score (nSPS) is 23.8. The number of hydrogen-bond acceptors (Lipinski definition) is 4. The molecule has 2 aliphatic heterocycles. The molecule has 0 amide bonds. The third kappa shape index (κ3) is 3.47. The first-order chi connectivity index (χ1) is 12.2. The van der Waals surface area contributed by atoms with Crippen molar-refractivity contribution >= 4 is 10.9 Å². The molecule has 1 aromatic carbocycles. The zero-order valence-corrected chi connectivity index (χ0v) is 14.7. The Morgan fingerprint density at radius 3 is 2.64 bits per heavy atom. The lowest BCUT2D eigenvalue weighted by molar-refractivity contribution is -0.104. The molecule has 2 fully saturated rings. The molecular weight excluding hydrogens is 314 g/mol. The van der Waals surface area contributed by atoms with Crippen LogP contribution in [0.5, 0.6) is 0 Å². The maximum atomic E-state index is 10.7. The Balaban J connectivity index is 1.35. The molecule has 1 atom stereocenters. The predicted molar refractivity (Wildman–Crippen MR) is 99.8 cm³/mol. The smallest absolute Gasteiger partial charge is 0.0954 e. The highest BCUT2D eigenvalue weighted by Gasteiger charge is 2.38. The summed E-state index contributed by atoms with van der Waals surface area (Å²) in [6.07, 6.45) is 5.00. The summed E-state index contributed by atoms with van der Waals surface area (Å²) in [7, 11) is 0. The number of benzene rings is 1. The lowest BCUT2D eigenvalue weighted by Gasteiger charge is -2.40. The molecule has 5 nitrogen and oxygen atoms in total. The van der Waals surface area contributed by atoms with E-state index in [-0.39, 0.29) is 0 Å². The molecule has 5 heteroatoms. The van der Waals surface area contributed by atoms with Crippen molar-refractivity contribution in [2.24, 2.45) is 0 Å². The Kier molecular flexibility index (Phi) is 4.82. The van der Waals surface area contributed by atoms with Crippen LogP contribution in [0.1, 0.15) is 37.2 Å². The fourth-order valence-electron chi connectivity index (χ4n) is 4.47. The summed E-state index contributed by atoms with van der Waals surface area (Å²) in [5, 5.41) is 25.8. The molecule has 1 aromatic heterocycles. The zero-order chi connectivity index (χ0) is 17.3. The summed E-state index contributed by atoms with van der Waals surface area (Å²) >= 11 is 0. The Morgan fingerprint density at radius 1 is 1.16 bits per heavy atom. The van der Waals surface area contributed by atoms with Gasteiger partial charge in [0, 0.05) is 23.6 Å². The topological polar surface area (TPSA) is 71.5 Å². The fourth-order valence-corrected chi connectivity index (χ4v) is 4.47. The number of aliphatic hydroxyl groups is 2. The number of aromatic nitrogens is 1. The number of nitrogens with zero attached hydrogens (tertiary/aromatic N) is 1. The van der Waals surface area contributed by atoms with Gasteiger partial charge in [-0.3, -0.25) is 0 Å². The second kappa shape index (κ2) is 7.08. The second-order valence-electron chi connectivity index (χ2n) is 7.73. The zero-order valence-electron chi connectivity index (χ0n) is 14.7. The van der Waals surface area contributed by atoms with Crippen LogP contribution in [0.15, 0.2) is 30.5 Å². The van der Waals surface area contributed by atoms with Gasteiger partial charge in [0.25, 0.3) is 0 Å². The van der Waals surface area contributed by atoms with Crippen molar-refractivity contribution in [2.45, 2.75) is 43.3 Å². The first-order valence-electron chi connectivity index (χ1n) is 9.55. The Bertz CT molecular complexity index is 700. The number of nitrogens with one attached hydrogen (secondary N) is 2. The molecule has 4 N–H and O–H groups in total. The molecule has 0 aliphatic carbocycles. The van der Waals surface area contributed by atoms with E-state index in [1.54, 1.807) is 0 Å². The molecule has 2 aliphatic rings. The average molecular weight is 343 g/mol. The van der Waals surface area contributed by atoms with Crippen LogP contribution in [-0.2, 0) is 0 Å².